The SMILES string of the molecule is CCOC(=O)C(=O)CCC(OC)c1ccccc1. The fourth-order valence-corrected chi connectivity index (χ4v) is 1.66. The van der Waals surface area contributed by atoms with Crippen LogP contribution in [0.5, 0.6) is 0 Å². The van der Waals surface area contributed by atoms with E-state index in [9.17, 15) is 9.59 Å². The van der Waals surface area contributed by atoms with E-state index in [1.165, 1.54) is 0 Å². The molecule has 0 saturated carbocycles. The van der Waals surface area contributed by atoms with Crippen LogP contribution in [-0.2, 0) is 19.1 Å². The number of ether oxygens (including phenoxy) is 2. The summed E-state index contributed by atoms with van der Waals surface area (Å²) < 4.78 is 9.97. The molecule has 0 amide bonds. The van der Waals surface area contributed by atoms with Gasteiger partial charge in [-0.25, -0.2) is 4.79 Å². The minimum absolute atomic E-state index is 0.131. The van der Waals surface area contributed by atoms with Crippen molar-refractivity contribution in [2.24, 2.45) is 0 Å². The molecule has 0 fully saturated rings. The normalized spacial score (nSPS) is 11.9. The molecule has 0 N–H and O–H groups in total. The van der Waals surface area contributed by atoms with Crippen LogP contribution in [0, 0.1) is 0 Å². The minimum atomic E-state index is -0.764. The molecule has 0 bridgehead atoms. The van der Waals surface area contributed by atoms with Crippen LogP contribution in [0.4, 0.5) is 0 Å². The zero-order chi connectivity index (χ0) is 13.4. The number of hydrogen-bond donors (Lipinski definition) is 0. The molecule has 0 heterocycles. The molecule has 0 aliphatic rings. The summed E-state index contributed by atoms with van der Waals surface area (Å²) in [6.07, 6.45) is 0.425. The third kappa shape index (κ3) is 4.30. The predicted octanol–water partition coefficient (Wildman–Crippen LogP) is 2.29. The standard InChI is InChI=1S/C14H18O4/c1-3-18-14(16)12(15)9-10-13(17-2)11-7-5-4-6-8-11/h4-8,13H,3,9-10H2,1-2H3. The fourth-order valence-electron chi connectivity index (χ4n) is 1.66. The summed E-state index contributed by atoms with van der Waals surface area (Å²) in [5.74, 6) is -1.27. The van der Waals surface area contributed by atoms with E-state index in [1.54, 1.807) is 14.0 Å². The molecule has 98 valence electrons. The number of carbonyl (C=O) groups excluding carboxylic acids is 2. The van der Waals surface area contributed by atoms with E-state index >= 15 is 0 Å². The van der Waals surface area contributed by atoms with Gasteiger partial charge < -0.3 is 9.47 Å². The van der Waals surface area contributed by atoms with Gasteiger partial charge in [0.1, 0.15) is 0 Å². The average Bonchev–Trinajstić information content (AvgIpc) is 2.40. The molecular formula is C14H18O4. The summed E-state index contributed by atoms with van der Waals surface area (Å²) in [5.41, 5.74) is 0.997. The van der Waals surface area contributed by atoms with Crippen LogP contribution in [0.1, 0.15) is 31.4 Å². The largest absolute Gasteiger partial charge is 0.460 e. The van der Waals surface area contributed by atoms with E-state index in [4.69, 9.17) is 4.74 Å². The Hall–Kier alpha value is -1.68. The molecule has 18 heavy (non-hydrogen) atoms. The molecule has 1 aromatic rings. The Kier molecular flexibility index (Phi) is 6.08. The molecule has 0 aliphatic heterocycles. The maximum atomic E-state index is 11.5. The molecule has 0 aliphatic carbocycles. The molecule has 0 radical (unpaired) electrons. The lowest BCUT2D eigenvalue weighted by atomic mass is 10.0. The molecule has 0 aromatic heterocycles. The van der Waals surface area contributed by atoms with Gasteiger partial charge in [0, 0.05) is 13.5 Å². The number of carbonyl (C=O) groups is 2. The van der Waals surface area contributed by atoms with Gasteiger partial charge in [0.2, 0.25) is 5.78 Å². The van der Waals surface area contributed by atoms with Crippen LogP contribution in [0.25, 0.3) is 0 Å². The Morgan fingerprint density at radius 1 is 1.22 bits per heavy atom. The molecule has 0 spiro atoms. The van der Waals surface area contributed by atoms with Crippen LogP contribution in [0.3, 0.4) is 0 Å². The van der Waals surface area contributed by atoms with Gasteiger partial charge in [0.25, 0.3) is 0 Å². The topological polar surface area (TPSA) is 52.6 Å². The quantitative estimate of drug-likeness (QED) is 0.550. The molecule has 0 saturated heterocycles. The Bertz CT molecular complexity index is 386. The second-order valence-electron chi connectivity index (χ2n) is 3.82. The summed E-state index contributed by atoms with van der Waals surface area (Å²) >= 11 is 0. The van der Waals surface area contributed by atoms with Gasteiger partial charge in [0.15, 0.2) is 0 Å². The van der Waals surface area contributed by atoms with Crippen molar-refractivity contribution >= 4 is 11.8 Å². The highest BCUT2D eigenvalue weighted by molar-refractivity contribution is 6.33. The smallest absolute Gasteiger partial charge is 0.374 e. The van der Waals surface area contributed by atoms with Crippen molar-refractivity contribution in [1.29, 1.82) is 0 Å². The van der Waals surface area contributed by atoms with Crippen molar-refractivity contribution in [2.45, 2.75) is 25.9 Å². The lowest BCUT2D eigenvalue weighted by Crippen LogP contribution is -2.18. The summed E-state index contributed by atoms with van der Waals surface area (Å²) in [7, 11) is 1.59. The van der Waals surface area contributed by atoms with Crippen LogP contribution in [0.2, 0.25) is 0 Å². The van der Waals surface area contributed by atoms with Crippen LogP contribution in [-0.4, -0.2) is 25.5 Å². The van der Waals surface area contributed by atoms with Crippen molar-refractivity contribution in [3.8, 4) is 0 Å². The maximum Gasteiger partial charge on any atom is 0.374 e. The third-order valence-corrected chi connectivity index (χ3v) is 2.59. The highest BCUT2D eigenvalue weighted by Gasteiger charge is 2.18. The van der Waals surface area contributed by atoms with E-state index in [1.807, 2.05) is 30.3 Å². The average molecular weight is 250 g/mol. The molecule has 4 nitrogen and oxygen atoms in total. The fraction of sp³-hybridized carbons (Fsp3) is 0.429. The number of ketones is 1. The first-order chi connectivity index (χ1) is 8.69. The first-order valence-electron chi connectivity index (χ1n) is 5.96. The Morgan fingerprint density at radius 2 is 1.89 bits per heavy atom. The molecule has 1 atom stereocenters. The van der Waals surface area contributed by atoms with Crippen molar-refractivity contribution in [1.82, 2.24) is 0 Å². The van der Waals surface area contributed by atoms with Gasteiger partial charge in [-0.15, -0.1) is 0 Å². The lowest BCUT2D eigenvalue weighted by Gasteiger charge is -2.14. The highest BCUT2D eigenvalue weighted by Crippen LogP contribution is 2.21. The number of hydrogen-bond acceptors (Lipinski definition) is 4. The molecule has 1 aromatic carbocycles. The highest BCUT2D eigenvalue weighted by atomic mass is 16.5. The number of Topliss-reactive ketones (excluding diaryl/α,β-unsaturated/α-hetero) is 1. The first-order valence-corrected chi connectivity index (χ1v) is 5.96. The summed E-state index contributed by atoms with van der Waals surface area (Å²) in [6, 6.07) is 9.61. The zero-order valence-electron chi connectivity index (χ0n) is 10.7. The molecule has 1 rings (SSSR count). The second kappa shape index (κ2) is 7.61. The van der Waals surface area contributed by atoms with Crippen molar-refractivity contribution in [3.05, 3.63) is 35.9 Å². The number of benzene rings is 1. The maximum absolute atomic E-state index is 11.5. The van der Waals surface area contributed by atoms with Crippen LogP contribution >= 0.6 is 0 Å². The number of rotatable bonds is 7. The summed E-state index contributed by atoms with van der Waals surface area (Å²) in [6.45, 7) is 1.89. The van der Waals surface area contributed by atoms with Gasteiger partial charge in [-0.1, -0.05) is 30.3 Å². The predicted molar refractivity (Wildman–Crippen MR) is 67.1 cm³/mol. The van der Waals surface area contributed by atoms with Gasteiger partial charge in [-0.3, -0.25) is 4.79 Å². The molecular weight excluding hydrogens is 232 g/mol. The second-order valence-corrected chi connectivity index (χ2v) is 3.82. The van der Waals surface area contributed by atoms with Gasteiger partial charge in [0.05, 0.1) is 12.7 Å². The number of esters is 1. The number of methoxy groups -OCH3 is 1. The van der Waals surface area contributed by atoms with Gasteiger partial charge >= 0.3 is 5.97 Å². The molecule has 1 unspecified atom stereocenters. The van der Waals surface area contributed by atoms with Crippen LogP contribution in [0.15, 0.2) is 30.3 Å². The first kappa shape index (κ1) is 14.4. The van der Waals surface area contributed by atoms with Crippen molar-refractivity contribution in [3.63, 3.8) is 0 Å². The van der Waals surface area contributed by atoms with E-state index in [0.717, 1.165) is 5.56 Å². The van der Waals surface area contributed by atoms with Crippen molar-refractivity contribution < 1.29 is 19.1 Å². The summed E-state index contributed by atoms with van der Waals surface area (Å²) in [4.78, 5) is 22.6. The zero-order valence-corrected chi connectivity index (χ0v) is 10.7. The van der Waals surface area contributed by atoms with Gasteiger partial charge in [-0.05, 0) is 18.9 Å². The van der Waals surface area contributed by atoms with Crippen LogP contribution < -0.4 is 0 Å². The third-order valence-electron chi connectivity index (χ3n) is 2.59. The molecule has 4 heteroatoms. The minimum Gasteiger partial charge on any atom is -0.460 e. The van der Waals surface area contributed by atoms with Crippen molar-refractivity contribution in [2.75, 3.05) is 13.7 Å². The summed E-state index contributed by atoms with van der Waals surface area (Å²) in [5, 5.41) is 0. The Balaban J connectivity index is 2.50. The Morgan fingerprint density at radius 3 is 2.44 bits per heavy atom. The van der Waals surface area contributed by atoms with Gasteiger partial charge in [-0.2, -0.15) is 0 Å². The monoisotopic (exact) mass is 250 g/mol. The van der Waals surface area contributed by atoms with E-state index in [-0.39, 0.29) is 19.1 Å². The Labute approximate surface area is 107 Å². The lowest BCUT2D eigenvalue weighted by molar-refractivity contribution is -0.153. The van der Waals surface area contributed by atoms with E-state index < -0.39 is 11.8 Å². The van der Waals surface area contributed by atoms with E-state index in [2.05, 4.69) is 4.74 Å². The van der Waals surface area contributed by atoms with E-state index in [0.29, 0.717) is 6.42 Å².